The minimum absolute atomic E-state index is 0.0953. The Labute approximate surface area is 105 Å². The molecule has 0 saturated heterocycles. The van der Waals surface area contributed by atoms with E-state index in [-0.39, 0.29) is 16.8 Å². The van der Waals surface area contributed by atoms with Crippen LogP contribution >= 0.6 is 11.3 Å². The summed E-state index contributed by atoms with van der Waals surface area (Å²) in [6.45, 7) is 6.14. The second-order valence-corrected chi connectivity index (χ2v) is 5.56. The summed E-state index contributed by atoms with van der Waals surface area (Å²) in [7, 11) is 0. The summed E-state index contributed by atoms with van der Waals surface area (Å²) in [5.74, 6) is -0.678. The number of carboxylic acids is 1. The lowest BCUT2D eigenvalue weighted by Gasteiger charge is -2.15. The van der Waals surface area contributed by atoms with Gasteiger partial charge in [-0.05, 0) is 31.4 Å². The molecule has 0 aliphatic rings. The molecule has 0 aromatic carbocycles. The second kappa shape index (κ2) is 5.82. The lowest BCUT2D eigenvalue weighted by atomic mass is 10.1. The molecule has 0 spiro atoms. The fourth-order valence-corrected chi connectivity index (χ4v) is 2.38. The van der Waals surface area contributed by atoms with E-state index in [9.17, 15) is 9.59 Å². The molecular weight excluding hydrogens is 238 g/mol. The largest absolute Gasteiger partial charge is 0.477 e. The van der Waals surface area contributed by atoms with E-state index >= 15 is 0 Å². The number of carbonyl (C=O) groups excluding carboxylic acids is 1. The fourth-order valence-electron chi connectivity index (χ4n) is 1.64. The Morgan fingerprint density at radius 3 is 2.35 bits per heavy atom. The van der Waals surface area contributed by atoms with Crippen molar-refractivity contribution in [3.63, 3.8) is 0 Å². The van der Waals surface area contributed by atoms with Gasteiger partial charge < -0.3 is 10.4 Å². The summed E-state index contributed by atoms with van der Waals surface area (Å²) in [4.78, 5) is 23.1. The molecule has 5 heteroatoms. The molecule has 94 valence electrons. The molecule has 17 heavy (non-hydrogen) atoms. The second-order valence-electron chi connectivity index (χ2n) is 4.47. The highest BCUT2D eigenvalue weighted by molar-refractivity contribution is 7.15. The van der Waals surface area contributed by atoms with Gasteiger partial charge in [0.05, 0.1) is 4.88 Å². The first-order chi connectivity index (χ1) is 7.90. The fraction of sp³-hybridized carbons (Fsp3) is 0.500. The normalized spacial score (nSPS) is 12.5. The van der Waals surface area contributed by atoms with Gasteiger partial charge in [-0.15, -0.1) is 11.3 Å². The van der Waals surface area contributed by atoms with E-state index in [1.54, 1.807) is 6.07 Å². The number of thiophene rings is 1. The van der Waals surface area contributed by atoms with Crippen molar-refractivity contribution in [3.05, 3.63) is 21.9 Å². The van der Waals surface area contributed by atoms with Gasteiger partial charge in [0.15, 0.2) is 0 Å². The molecule has 0 aliphatic carbocycles. The van der Waals surface area contributed by atoms with Crippen LogP contribution in [0.15, 0.2) is 12.1 Å². The number of rotatable bonds is 5. The molecule has 1 atom stereocenters. The van der Waals surface area contributed by atoms with E-state index in [1.165, 1.54) is 6.07 Å². The predicted molar refractivity (Wildman–Crippen MR) is 67.7 cm³/mol. The van der Waals surface area contributed by atoms with Gasteiger partial charge >= 0.3 is 5.97 Å². The van der Waals surface area contributed by atoms with Crippen LogP contribution in [0.4, 0.5) is 0 Å². The third-order valence-corrected chi connectivity index (χ3v) is 3.32. The Balaban J connectivity index is 2.60. The average Bonchev–Trinajstić information content (AvgIpc) is 2.64. The van der Waals surface area contributed by atoms with Gasteiger partial charge in [0.25, 0.3) is 5.91 Å². The van der Waals surface area contributed by atoms with Crippen molar-refractivity contribution >= 4 is 23.2 Å². The maximum Gasteiger partial charge on any atom is 0.345 e. The van der Waals surface area contributed by atoms with E-state index < -0.39 is 5.97 Å². The van der Waals surface area contributed by atoms with Crippen LogP contribution in [0.25, 0.3) is 0 Å². The van der Waals surface area contributed by atoms with Crippen LogP contribution in [0.3, 0.4) is 0 Å². The smallest absolute Gasteiger partial charge is 0.345 e. The minimum Gasteiger partial charge on any atom is -0.477 e. The third kappa shape index (κ3) is 4.19. The van der Waals surface area contributed by atoms with Crippen molar-refractivity contribution in [2.45, 2.75) is 33.2 Å². The summed E-state index contributed by atoms with van der Waals surface area (Å²) in [6.07, 6.45) is 0.906. The van der Waals surface area contributed by atoms with Crippen molar-refractivity contribution in [2.75, 3.05) is 0 Å². The number of carbonyl (C=O) groups is 2. The van der Waals surface area contributed by atoms with Crippen molar-refractivity contribution in [3.8, 4) is 0 Å². The van der Waals surface area contributed by atoms with Crippen LogP contribution in [0.5, 0.6) is 0 Å². The zero-order valence-electron chi connectivity index (χ0n) is 10.2. The summed E-state index contributed by atoms with van der Waals surface area (Å²) in [5, 5.41) is 11.6. The number of hydrogen-bond donors (Lipinski definition) is 2. The number of nitrogens with one attached hydrogen (secondary N) is 1. The lowest BCUT2D eigenvalue weighted by molar-refractivity contribution is 0.0702. The molecule has 1 heterocycles. The standard InChI is InChI=1S/C12H17NO3S/c1-7(2)6-8(3)13-11(14)9-4-5-10(17-9)12(15)16/h4-5,7-8H,6H2,1-3H3,(H,13,14)(H,15,16). The van der Waals surface area contributed by atoms with Gasteiger partial charge in [-0.1, -0.05) is 13.8 Å². The molecule has 0 aliphatic heterocycles. The Kier molecular flexibility index (Phi) is 4.69. The third-order valence-electron chi connectivity index (χ3n) is 2.24. The van der Waals surface area contributed by atoms with Crippen molar-refractivity contribution in [1.29, 1.82) is 0 Å². The van der Waals surface area contributed by atoms with Crippen molar-refractivity contribution < 1.29 is 14.7 Å². The topological polar surface area (TPSA) is 66.4 Å². The van der Waals surface area contributed by atoms with E-state index in [1.807, 2.05) is 6.92 Å². The van der Waals surface area contributed by atoms with Crippen molar-refractivity contribution in [1.82, 2.24) is 5.32 Å². The molecule has 2 N–H and O–H groups in total. The van der Waals surface area contributed by atoms with E-state index in [4.69, 9.17) is 5.11 Å². The number of carboxylic acid groups (broad SMARTS) is 1. The molecule has 0 radical (unpaired) electrons. The summed E-state index contributed by atoms with van der Waals surface area (Å²) < 4.78 is 0. The molecule has 1 unspecified atom stereocenters. The van der Waals surface area contributed by atoms with Crippen LogP contribution in [0.2, 0.25) is 0 Å². The van der Waals surface area contributed by atoms with Gasteiger partial charge in [0.1, 0.15) is 4.88 Å². The Morgan fingerprint density at radius 2 is 1.88 bits per heavy atom. The quantitative estimate of drug-likeness (QED) is 0.850. The first kappa shape index (κ1) is 13.7. The van der Waals surface area contributed by atoms with Crippen LogP contribution < -0.4 is 5.32 Å². The number of amides is 1. The van der Waals surface area contributed by atoms with Crippen LogP contribution in [0, 0.1) is 5.92 Å². The monoisotopic (exact) mass is 255 g/mol. The minimum atomic E-state index is -0.996. The number of hydrogen-bond acceptors (Lipinski definition) is 3. The first-order valence-electron chi connectivity index (χ1n) is 5.54. The summed E-state index contributed by atoms with van der Waals surface area (Å²) in [6, 6.07) is 3.10. The number of aromatic carboxylic acids is 1. The summed E-state index contributed by atoms with van der Waals surface area (Å²) >= 11 is 0.998. The molecular formula is C12H17NO3S. The average molecular weight is 255 g/mol. The van der Waals surface area contributed by atoms with Crippen LogP contribution in [-0.2, 0) is 0 Å². The van der Waals surface area contributed by atoms with Crippen LogP contribution in [-0.4, -0.2) is 23.0 Å². The SMILES string of the molecule is CC(C)CC(C)NC(=O)c1ccc(C(=O)O)s1. The molecule has 4 nitrogen and oxygen atoms in total. The maximum atomic E-state index is 11.8. The van der Waals surface area contributed by atoms with E-state index in [2.05, 4.69) is 19.2 Å². The predicted octanol–water partition coefficient (Wildman–Crippen LogP) is 2.61. The summed E-state index contributed by atoms with van der Waals surface area (Å²) in [5.41, 5.74) is 0. The van der Waals surface area contributed by atoms with Gasteiger partial charge in [0, 0.05) is 6.04 Å². The molecule has 1 amide bonds. The Hall–Kier alpha value is -1.36. The first-order valence-corrected chi connectivity index (χ1v) is 6.35. The molecule has 1 aromatic heterocycles. The van der Waals surface area contributed by atoms with Crippen molar-refractivity contribution in [2.24, 2.45) is 5.92 Å². The highest BCUT2D eigenvalue weighted by Gasteiger charge is 2.15. The highest BCUT2D eigenvalue weighted by atomic mass is 32.1. The highest BCUT2D eigenvalue weighted by Crippen LogP contribution is 2.16. The van der Waals surface area contributed by atoms with Crippen LogP contribution in [0.1, 0.15) is 46.5 Å². The van der Waals surface area contributed by atoms with Gasteiger partial charge in [0.2, 0.25) is 0 Å². The lowest BCUT2D eigenvalue weighted by Crippen LogP contribution is -2.32. The van der Waals surface area contributed by atoms with Gasteiger partial charge in [-0.2, -0.15) is 0 Å². The Bertz CT molecular complexity index is 412. The molecule has 1 aromatic rings. The van der Waals surface area contributed by atoms with E-state index in [0.29, 0.717) is 10.8 Å². The molecule has 0 bridgehead atoms. The van der Waals surface area contributed by atoms with Gasteiger partial charge in [-0.3, -0.25) is 4.79 Å². The zero-order chi connectivity index (χ0) is 13.0. The maximum absolute atomic E-state index is 11.8. The van der Waals surface area contributed by atoms with E-state index in [0.717, 1.165) is 17.8 Å². The molecule has 1 rings (SSSR count). The zero-order valence-corrected chi connectivity index (χ0v) is 11.0. The van der Waals surface area contributed by atoms with Gasteiger partial charge in [-0.25, -0.2) is 4.79 Å². The molecule has 0 saturated carbocycles. The molecule has 0 fully saturated rings. The Morgan fingerprint density at radius 1 is 1.29 bits per heavy atom.